The second-order valence-corrected chi connectivity index (χ2v) is 9.00. The van der Waals surface area contributed by atoms with E-state index in [-0.39, 0.29) is 29.6 Å². The average molecular weight is 541 g/mol. The molecule has 1 fully saturated rings. The molecule has 2 heterocycles. The number of likely N-dealkylation sites (tertiary alicyclic amines) is 1. The van der Waals surface area contributed by atoms with Crippen molar-refractivity contribution in [2.45, 2.75) is 39.0 Å². The van der Waals surface area contributed by atoms with Gasteiger partial charge in [0, 0.05) is 30.3 Å². The summed E-state index contributed by atoms with van der Waals surface area (Å²) in [5.41, 5.74) is 2.15. The summed E-state index contributed by atoms with van der Waals surface area (Å²) in [6.45, 7) is 5.54. The molecule has 2 aromatic carbocycles. The number of ether oxygens (including phenoxy) is 3. The summed E-state index contributed by atoms with van der Waals surface area (Å²) in [6, 6.07) is 9.47. The van der Waals surface area contributed by atoms with E-state index in [4.69, 9.17) is 9.47 Å². The molecule has 1 amide bonds. The summed E-state index contributed by atoms with van der Waals surface area (Å²) in [7, 11) is 1.59. The van der Waals surface area contributed by atoms with Gasteiger partial charge in [-0.2, -0.15) is 0 Å². The van der Waals surface area contributed by atoms with Crippen LogP contribution in [-0.2, 0) is 11.2 Å². The van der Waals surface area contributed by atoms with Gasteiger partial charge in [-0.1, -0.05) is 24.6 Å². The molecular weight excluding hydrogens is 509 g/mol. The van der Waals surface area contributed by atoms with Crippen molar-refractivity contribution in [3.63, 3.8) is 0 Å². The minimum atomic E-state index is -4.82. The summed E-state index contributed by atoms with van der Waals surface area (Å²) < 4.78 is 54.0. The first kappa shape index (κ1) is 28.7. The zero-order chi connectivity index (χ0) is 25.7. The molecule has 2 aliphatic heterocycles. The minimum absolute atomic E-state index is 0. The smallest absolute Gasteiger partial charge is 0.493 e. The van der Waals surface area contributed by atoms with Crippen molar-refractivity contribution in [1.82, 2.24) is 4.90 Å². The van der Waals surface area contributed by atoms with Crippen LogP contribution in [0.25, 0.3) is 6.08 Å². The van der Waals surface area contributed by atoms with Crippen molar-refractivity contribution < 1.29 is 32.2 Å². The normalized spacial score (nSPS) is 16.1. The van der Waals surface area contributed by atoms with E-state index < -0.39 is 6.36 Å². The highest BCUT2D eigenvalue weighted by Gasteiger charge is 2.32. The molecule has 2 aromatic rings. The van der Waals surface area contributed by atoms with E-state index >= 15 is 0 Å². The first-order chi connectivity index (χ1) is 17.2. The molecule has 2 aliphatic rings. The van der Waals surface area contributed by atoms with E-state index in [1.54, 1.807) is 25.0 Å². The van der Waals surface area contributed by atoms with Crippen LogP contribution in [0.3, 0.4) is 0 Å². The maximum atomic E-state index is 13.3. The lowest BCUT2D eigenvalue weighted by molar-refractivity contribution is -0.274. The topological polar surface area (TPSA) is 51.2 Å². The van der Waals surface area contributed by atoms with E-state index in [1.165, 1.54) is 43.5 Å². The van der Waals surface area contributed by atoms with Gasteiger partial charge in [-0.15, -0.1) is 25.6 Å². The van der Waals surface area contributed by atoms with Crippen molar-refractivity contribution in [3.05, 3.63) is 53.1 Å². The summed E-state index contributed by atoms with van der Waals surface area (Å²) >= 11 is 0. The predicted molar refractivity (Wildman–Crippen MR) is 139 cm³/mol. The van der Waals surface area contributed by atoms with Gasteiger partial charge >= 0.3 is 6.36 Å². The number of rotatable bonds is 8. The molecule has 202 valence electrons. The fraction of sp³-hybridized carbons (Fsp3) is 0.444. The number of halogens is 4. The number of carbonyl (C=O) groups is 1. The number of piperidine rings is 1. The van der Waals surface area contributed by atoms with Gasteiger partial charge in [0.05, 0.1) is 12.8 Å². The molecule has 37 heavy (non-hydrogen) atoms. The van der Waals surface area contributed by atoms with Crippen LogP contribution in [0.15, 0.2) is 42.0 Å². The van der Waals surface area contributed by atoms with Crippen LogP contribution >= 0.6 is 12.4 Å². The van der Waals surface area contributed by atoms with Gasteiger partial charge in [-0.05, 0) is 63.0 Å². The maximum Gasteiger partial charge on any atom is 0.573 e. The van der Waals surface area contributed by atoms with Crippen molar-refractivity contribution in [2.24, 2.45) is 0 Å². The molecule has 0 unspecified atom stereocenters. The Hall–Kier alpha value is -2.91. The lowest BCUT2D eigenvalue weighted by atomic mass is 10.1. The number of anilines is 1. The minimum Gasteiger partial charge on any atom is -0.493 e. The van der Waals surface area contributed by atoms with Crippen LogP contribution in [0, 0.1) is 0 Å². The Morgan fingerprint density at radius 3 is 2.46 bits per heavy atom. The Bertz CT molecular complexity index is 1120. The molecule has 0 atom stereocenters. The molecule has 4 rings (SSSR count). The highest BCUT2D eigenvalue weighted by Crippen LogP contribution is 2.39. The number of benzene rings is 2. The zero-order valence-electron chi connectivity index (χ0n) is 21.0. The number of carbonyl (C=O) groups excluding carboxylic acids is 1. The van der Waals surface area contributed by atoms with Gasteiger partial charge in [-0.3, -0.25) is 9.69 Å². The van der Waals surface area contributed by atoms with Gasteiger partial charge in [0.25, 0.3) is 5.91 Å². The van der Waals surface area contributed by atoms with Crippen LogP contribution in [0.5, 0.6) is 17.2 Å². The van der Waals surface area contributed by atoms with E-state index in [0.29, 0.717) is 36.6 Å². The third kappa shape index (κ3) is 7.32. The van der Waals surface area contributed by atoms with E-state index in [2.05, 4.69) is 9.64 Å². The Kier molecular flexibility index (Phi) is 9.73. The zero-order valence-corrected chi connectivity index (χ0v) is 21.8. The van der Waals surface area contributed by atoms with Crippen LogP contribution in [0.2, 0.25) is 0 Å². The average Bonchev–Trinajstić information content (AvgIpc) is 3.26. The first-order valence-electron chi connectivity index (χ1n) is 12.2. The second kappa shape index (κ2) is 12.6. The number of alkyl halides is 3. The molecule has 6 nitrogen and oxygen atoms in total. The number of nitrogens with zero attached hydrogens (tertiary/aromatic N) is 2. The van der Waals surface area contributed by atoms with Crippen LogP contribution in [0.4, 0.5) is 18.9 Å². The highest BCUT2D eigenvalue weighted by molar-refractivity contribution is 6.09. The Balaban J connectivity index is 0.00000380. The maximum absolute atomic E-state index is 13.3. The fourth-order valence-corrected chi connectivity index (χ4v) is 4.67. The molecule has 0 aromatic heterocycles. The molecule has 0 aliphatic carbocycles. The Morgan fingerprint density at radius 1 is 1.03 bits per heavy atom. The van der Waals surface area contributed by atoms with Gasteiger partial charge in [0.1, 0.15) is 12.4 Å². The van der Waals surface area contributed by atoms with Crippen LogP contribution in [0.1, 0.15) is 37.3 Å². The van der Waals surface area contributed by atoms with Gasteiger partial charge in [0.2, 0.25) is 0 Å². The molecule has 0 radical (unpaired) electrons. The molecule has 0 N–H and O–H groups in total. The quantitative estimate of drug-likeness (QED) is 0.392. The number of hydrogen-bond donors (Lipinski definition) is 0. The van der Waals surface area contributed by atoms with Crippen molar-refractivity contribution in [1.29, 1.82) is 0 Å². The summed E-state index contributed by atoms with van der Waals surface area (Å²) in [5.74, 6) is 0.541. The fourth-order valence-electron chi connectivity index (χ4n) is 4.67. The van der Waals surface area contributed by atoms with Gasteiger partial charge < -0.3 is 19.1 Å². The number of hydrogen-bond acceptors (Lipinski definition) is 5. The van der Waals surface area contributed by atoms with Crippen LogP contribution < -0.4 is 19.1 Å². The molecular formula is C27H32ClF3N2O4. The van der Waals surface area contributed by atoms with E-state index in [1.807, 2.05) is 12.1 Å². The number of fused-ring (bicyclic) bond motifs is 1. The predicted octanol–water partition coefficient (Wildman–Crippen LogP) is 5.87. The summed E-state index contributed by atoms with van der Waals surface area (Å²) in [5, 5.41) is 0. The number of para-hydroxylation sites is 1. The number of methoxy groups -OCH3 is 1. The monoisotopic (exact) mass is 540 g/mol. The van der Waals surface area contributed by atoms with Crippen molar-refractivity contribution in [2.75, 3.05) is 44.8 Å². The Morgan fingerprint density at radius 2 is 1.76 bits per heavy atom. The SMILES string of the molecule is COc1cc2c(cc1OCCN1CCCCC1)N(C(=O)/C(C)=C/c1ccccc1OC(F)(F)F)CC2.Cl. The molecule has 10 heteroatoms. The third-order valence-electron chi connectivity index (χ3n) is 6.47. The summed E-state index contributed by atoms with van der Waals surface area (Å²) in [6.07, 6.45) is 0.930. The van der Waals surface area contributed by atoms with Gasteiger partial charge in [0.15, 0.2) is 11.5 Å². The molecule has 0 saturated carbocycles. The molecule has 0 spiro atoms. The molecule has 0 bridgehead atoms. The largest absolute Gasteiger partial charge is 0.573 e. The van der Waals surface area contributed by atoms with Crippen molar-refractivity contribution in [3.8, 4) is 17.2 Å². The first-order valence-corrected chi connectivity index (χ1v) is 12.2. The Labute approximate surface area is 221 Å². The van der Waals surface area contributed by atoms with E-state index in [9.17, 15) is 18.0 Å². The van der Waals surface area contributed by atoms with Crippen molar-refractivity contribution >= 4 is 30.1 Å². The standard InChI is InChI=1S/C27H31F3N2O4.ClH/c1-19(16-21-8-4-5-9-23(21)36-27(28,29)30)26(33)32-13-10-20-17-24(34-2)25(18-22(20)32)35-15-14-31-11-6-3-7-12-31;/h4-5,8-9,16-18H,3,6-7,10-15H2,1-2H3;1H/b19-16+;. The summed E-state index contributed by atoms with van der Waals surface area (Å²) in [4.78, 5) is 17.3. The lowest BCUT2D eigenvalue weighted by Crippen LogP contribution is -2.33. The third-order valence-corrected chi connectivity index (χ3v) is 6.47. The highest BCUT2D eigenvalue weighted by atomic mass is 35.5. The number of amides is 1. The lowest BCUT2D eigenvalue weighted by Gasteiger charge is -2.26. The van der Waals surface area contributed by atoms with E-state index in [0.717, 1.165) is 30.9 Å². The second-order valence-electron chi connectivity index (χ2n) is 9.00. The van der Waals surface area contributed by atoms with Gasteiger partial charge in [-0.25, -0.2) is 0 Å². The van der Waals surface area contributed by atoms with Crippen LogP contribution in [-0.4, -0.2) is 57.1 Å². The molecule has 1 saturated heterocycles.